The molecule has 1 unspecified atom stereocenters. The van der Waals surface area contributed by atoms with Crippen molar-refractivity contribution in [2.75, 3.05) is 13.7 Å². The average molecular weight is 360 g/mol. The summed E-state index contributed by atoms with van der Waals surface area (Å²) in [5.74, 6) is 0. The molecule has 0 aliphatic heterocycles. The molecule has 4 nitrogen and oxygen atoms in total. The van der Waals surface area contributed by atoms with E-state index in [4.69, 9.17) is 16.3 Å². The largest absolute Gasteiger partial charge is 0.383 e. The van der Waals surface area contributed by atoms with E-state index in [0.29, 0.717) is 23.9 Å². The molecule has 1 heterocycles. The lowest BCUT2D eigenvalue weighted by Gasteiger charge is -2.15. The third-order valence-electron chi connectivity index (χ3n) is 2.98. The van der Waals surface area contributed by atoms with E-state index in [1.54, 1.807) is 24.1 Å². The van der Waals surface area contributed by atoms with E-state index in [-0.39, 0.29) is 0 Å². The first-order chi connectivity index (χ1) is 9.52. The van der Waals surface area contributed by atoms with Crippen molar-refractivity contribution in [1.82, 2.24) is 9.78 Å². The fourth-order valence-electron chi connectivity index (χ4n) is 2.08. The fraction of sp³-hybridized carbons (Fsp3) is 0.357. The van der Waals surface area contributed by atoms with Crippen LogP contribution in [0.15, 0.2) is 28.9 Å². The van der Waals surface area contributed by atoms with Gasteiger partial charge >= 0.3 is 0 Å². The van der Waals surface area contributed by atoms with Crippen molar-refractivity contribution in [2.45, 2.75) is 19.6 Å². The predicted octanol–water partition coefficient (Wildman–Crippen LogP) is 3.34. The summed E-state index contributed by atoms with van der Waals surface area (Å²) < 4.78 is 7.55. The number of hydrogen-bond acceptors (Lipinski definition) is 3. The Hall–Kier alpha value is -0.880. The highest BCUT2D eigenvalue weighted by molar-refractivity contribution is 9.10. The predicted molar refractivity (Wildman–Crippen MR) is 82.1 cm³/mol. The molecule has 0 bridgehead atoms. The molecule has 2 rings (SSSR count). The van der Waals surface area contributed by atoms with Crippen LogP contribution in [0.1, 0.15) is 22.9 Å². The van der Waals surface area contributed by atoms with Gasteiger partial charge in [-0.15, -0.1) is 0 Å². The number of hydrogen-bond donors (Lipinski definition) is 1. The van der Waals surface area contributed by atoms with E-state index in [9.17, 15) is 5.11 Å². The maximum atomic E-state index is 10.6. The number of aryl methyl sites for hydroxylation is 1. The van der Waals surface area contributed by atoms with Crippen molar-refractivity contribution in [2.24, 2.45) is 0 Å². The zero-order valence-corrected chi connectivity index (χ0v) is 13.6. The van der Waals surface area contributed by atoms with Crippen molar-refractivity contribution in [3.8, 4) is 0 Å². The first-order valence-corrected chi connectivity index (χ1v) is 7.35. The van der Waals surface area contributed by atoms with Gasteiger partial charge < -0.3 is 9.84 Å². The molecule has 1 N–H and O–H groups in total. The van der Waals surface area contributed by atoms with E-state index in [1.807, 2.05) is 19.1 Å². The summed E-state index contributed by atoms with van der Waals surface area (Å²) in [6, 6.07) is 5.53. The third kappa shape index (κ3) is 3.41. The first kappa shape index (κ1) is 15.5. The first-order valence-electron chi connectivity index (χ1n) is 6.18. The summed E-state index contributed by atoms with van der Waals surface area (Å²) >= 11 is 9.48. The molecule has 1 atom stereocenters. The molecule has 0 fully saturated rings. The quantitative estimate of drug-likeness (QED) is 0.890. The van der Waals surface area contributed by atoms with Crippen molar-refractivity contribution in [3.63, 3.8) is 0 Å². The molecular weight excluding hydrogens is 344 g/mol. The van der Waals surface area contributed by atoms with Gasteiger partial charge in [0.15, 0.2) is 0 Å². The zero-order valence-electron chi connectivity index (χ0n) is 11.3. The second kappa shape index (κ2) is 6.72. The van der Waals surface area contributed by atoms with Crippen molar-refractivity contribution in [3.05, 3.63) is 50.7 Å². The van der Waals surface area contributed by atoms with Gasteiger partial charge in [-0.05, 0) is 46.1 Å². The van der Waals surface area contributed by atoms with E-state index in [2.05, 4.69) is 21.0 Å². The number of methoxy groups -OCH3 is 1. The molecular formula is C14H16BrClN2O2. The van der Waals surface area contributed by atoms with Crippen LogP contribution in [-0.2, 0) is 11.3 Å². The van der Waals surface area contributed by atoms with Crippen molar-refractivity contribution >= 4 is 27.5 Å². The molecule has 1 aromatic carbocycles. The van der Waals surface area contributed by atoms with Gasteiger partial charge in [-0.1, -0.05) is 17.7 Å². The maximum absolute atomic E-state index is 10.6. The average Bonchev–Trinajstić information content (AvgIpc) is 2.75. The molecule has 0 amide bonds. The molecule has 0 saturated heterocycles. The summed E-state index contributed by atoms with van der Waals surface area (Å²) in [5.41, 5.74) is 2.45. The Labute approximate surface area is 131 Å². The van der Waals surface area contributed by atoms with E-state index >= 15 is 0 Å². The fourth-order valence-corrected chi connectivity index (χ4v) is 2.89. The second-order valence-corrected chi connectivity index (χ2v) is 5.85. The minimum atomic E-state index is -0.791. The van der Waals surface area contributed by atoms with Crippen molar-refractivity contribution < 1.29 is 9.84 Å². The van der Waals surface area contributed by atoms with Crippen LogP contribution in [0.5, 0.6) is 0 Å². The standard InChI is InChI=1S/C14H16BrClN2O2/c1-9-5-10(7-11(16)6-9)14(19)13-12(15)8-17-18(13)3-4-20-2/h5-8,14,19H,3-4H2,1-2H3. The number of ether oxygens (including phenoxy) is 1. The lowest BCUT2D eigenvalue weighted by Crippen LogP contribution is -2.13. The van der Waals surface area contributed by atoms with Gasteiger partial charge in [0.1, 0.15) is 6.10 Å². The van der Waals surface area contributed by atoms with Gasteiger partial charge in [-0.3, -0.25) is 4.68 Å². The zero-order chi connectivity index (χ0) is 14.7. The van der Waals surface area contributed by atoms with Gasteiger partial charge in [0.05, 0.1) is 29.5 Å². The van der Waals surface area contributed by atoms with Crippen LogP contribution < -0.4 is 0 Å². The normalized spacial score (nSPS) is 12.7. The highest BCUT2D eigenvalue weighted by Crippen LogP contribution is 2.30. The molecule has 0 radical (unpaired) electrons. The molecule has 0 aliphatic rings. The maximum Gasteiger partial charge on any atom is 0.122 e. The Kier molecular flexibility index (Phi) is 5.21. The Balaban J connectivity index is 2.36. The second-order valence-electron chi connectivity index (χ2n) is 4.56. The third-order valence-corrected chi connectivity index (χ3v) is 3.81. The summed E-state index contributed by atoms with van der Waals surface area (Å²) in [6.45, 7) is 3.05. The number of rotatable bonds is 5. The number of nitrogens with zero attached hydrogens (tertiary/aromatic N) is 2. The highest BCUT2D eigenvalue weighted by atomic mass is 79.9. The van der Waals surface area contributed by atoms with Gasteiger partial charge in [0.25, 0.3) is 0 Å². The van der Waals surface area contributed by atoms with Crippen LogP contribution in [0.2, 0.25) is 5.02 Å². The molecule has 108 valence electrons. The lowest BCUT2D eigenvalue weighted by atomic mass is 10.0. The van der Waals surface area contributed by atoms with E-state index < -0.39 is 6.10 Å². The SMILES string of the molecule is COCCn1ncc(Br)c1C(O)c1cc(C)cc(Cl)c1. The molecule has 1 aromatic heterocycles. The number of benzene rings is 1. The summed E-state index contributed by atoms with van der Waals surface area (Å²) in [5, 5.41) is 15.5. The van der Waals surface area contributed by atoms with Crippen LogP contribution in [0.3, 0.4) is 0 Å². The number of aliphatic hydroxyl groups excluding tert-OH is 1. The Morgan fingerprint density at radius 3 is 2.85 bits per heavy atom. The van der Waals surface area contributed by atoms with Crippen LogP contribution in [0.25, 0.3) is 0 Å². The Bertz CT molecular complexity index is 581. The van der Waals surface area contributed by atoms with Gasteiger partial charge in [-0.2, -0.15) is 5.10 Å². The lowest BCUT2D eigenvalue weighted by molar-refractivity contribution is 0.171. The van der Waals surface area contributed by atoms with Gasteiger partial charge in [-0.25, -0.2) is 0 Å². The number of halogens is 2. The monoisotopic (exact) mass is 358 g/mol. The molecule has 0 aliphatic carbocycles. The van der Waals surface area contributed by atoms with Crippen LogP contribution in [0.4, 0.5) is 0 Å². The summed E-state index contributed by atoms with van der Waals surface area (Å²) in [7, 11) is 1.63. The Morgan fingerprint density at radius 1 is 1.45 bits per heavy atom. The summed E-state index contributed by atoms with van der Waals surface area (Å²) in [4.78, 5) is 0. The molecule has 20 heavy (non-hydrogen) atoms. The topological polar surface area (TPSA) is 47.3 Å². The van der Waals surface area contributed by atoms with Crippen LogP contribution in [-0.4, -0.2) is 28.6 Å². The number of aliphatic hydroxyl groups is 1. The van der Waals surface area contributed by atoms with Crippen LogP contribution >= 0.6 is 27.5 Å². The minimum absolute atomic E-state index is 0.530. The van der Waals surface area contributed by atoms with Crippen LogP contribution in [0, 0.1) is 6.92 Å². The van der Waals surface area contributed by atoms with Gasteiger partial charge in [0.2, 0.25) is 0 Å². The highest BCUT2D eigenvalue weighted by Gasteiger charge is 2.20. The van der Waals surface area contributed by atoms with E-state index in [1.165, 1.54) is 0 Å². The van der Waals surface area contributed by atoms with E-state index in [0.717, 1.165) is 15.6 Å². The molecule has 0 saturated carbocycles. The van der Waals surface area contributed by atoms with Crippen molar-refractivity contribution in [1.29, 1.82) is 0 Å². The Morgan fingerprint density at radius 2 is 2.20 bits per heavy atom. The molecule has 2 aromatic rings. The molecule has 6 heteroatoms. The minimum Gasteiger partial charge on any atom is -0.383 e. The van der Waals surface area contributed by atoms with Gasteiger partial charge in [0, 0.05) is 12.1 Å². The molecule has 0 spiro atoms. The smallest absolute Gasteiger partial charge is 0.122 e. The summed E-state index contributed by atoms with van der Waals surface area (Å²) in [6.07, 6.45) is 0.882. The number of aromatic nitrogens is 2.